The second-order valence-corrected chi connectivity index (χ2v) is 9.33. The highest BCUT2D eigenvalue weighted by atomic mass is 79.9. The average molecular weight is 680 g/mol. The first-order chi connectivity index (χ1) is 19.1. The Bertz CT molecular complexity index is 884. The topological polar surface area (TPSA) is 83.1 Å². The Morgan fingerprint density at radius 1 is 0.462 bits per heavy atom. The molecular weight excluding hydrogens is 640 g/mol. The van der Waals surface area contributed by atoms with Crippen molar-refractivity contribution in [3.63, 3.8) is 0 Å². The Morgan fingerprint density at radius 3 is 1.10 bits per heavy atom. The summed E-state index contributed by atoms with van der Waals surface area (Å²) < 4.78 is 50.1. The van der Waals surface area contributed by atoms with Gasteiger partial charge >= 0.3 is 0 Å². The van der Waals surface area contributed by atoms with Crippen molar-refractivity contribution < 1.29 is 42.6 Å². The molecule has 11 heteroatoms. The van der Waals surface area contributed by atoms with Crippen LogP contribution >= 0.6 is 31.9 Å². The van der Waals surface area contributed by atoms with Gasteiger partial charge in [0.25, 0.3) is 0 Å². The van der Waals surface area contributed by atoms with Gasteiger partial charge in [-0.15, -0.1) is 0 Å². The van der Waals surface area contributed by atoms with Crippen molar-refractivity contribution in [2.75, 3.05) is 81.3 Å². The number of hydrogen-bond acceptors (Lipinski definition) is 9. The molecule has 0 amide bonds. The summed E-state index contributed by atoms with van der Waals surface area (Å²) in [7, 11) is 6.60. The fourth-order valence-electron chi connectivity index (χ4n) is 3.65. The Hall–Kier alpha value is -1.60. The van der Waals surface area contributed by atoms with Crippen LogP contribution in [-0.4, -0.2) is 81.3 Å². The van der Waals surface area contributed by atoms with Crippen molar-refractivity contribution in [3.8, 4) is 23.0 Å². The van der Waals surface area contributed by atoms with E-state index in [-0.39, 0.29) is 0 Å². The zero-order chi connectivity index (χ0) is 28.3. The zero-order valence-electron chi connectivity index (χ0n) is 23.2. The van der Waals surface area contributed by atoms with Gasteiger partial charge in [0, 0.05) is 47.1 Å². The van der Waals surface area contributed by atoms with E-state index in [4.69, 9.17) is 42.6 Å². The molecular formula is C28H40Br2O9. The molecule has 2 rings (SSSR count). The summed E-state index contributed by atoms with van der Waals surface area (Å²) in [4.78, 5) is 0. The van der Waals surface area contributed by atoms with Crippen LogP contribution < -0.4 is 18.9 Å². The molecule has 0 saturated carbocycles. The van der Waals surface area contributed by atoms with Gasteiger partial charge in [0.15, 0.2) is 0 Å². The molecule has 9 nitrogen and oxygen atoms in total. The Morgan fingerprint density at radius 2 is 0.795 bits per heavy atom. The summed E-state index contributed by atoms with van der Waals surface area (Å²) >= 11 is 6.97. The quantitative estimate of drug-likeness (QED) is 0.122. The molecule has 0 bridgehead atoms. The summed E-state index contributed by atoms with van der Waals surface area (Å²) in [5, 5.41) is 1.33. The summed E-state index contributed by atoms with van der Waals surface area (Å²) in [6, 6.07) is 7.81. The first kappa shape index (κ1) is 33.6. The van der Waals surface area contributed by atoms with Crippen molar-refractivity contribution in [3.05, 3.63) is 46.5 Å². The summed E-state index contributed by atoms with van der Waals surface area (Å²) in [5.74, 6) is 3.12. The SMILES string of the molecule is COCc1cc(OC)c(CBr)cc1OCCOCCOCCOCCOc1cc(CBr)c(OC)cc1COC. The van der Waals surface area contributed by atoms with Gasteiger partial charge < -0.3 is 42.6 Å². The first-order valence-electron chi connectivity index (χ1n) is 12.6. The number of halogens is 2. The third kappa shape index (κ3) is 11.8. The Kier molecular flexibility index (Phi) is 17.5. The van der Waals surface area contributed by atoms with Gasteiger partial charge in [-0.25, -0.2) is 0 Å². The monoisotopic (exact) mass is 678 g/mol. The highest BCUT2D eigenvalue weighted by molar-refractivity contribution is 9.08. The van der Waals surface area contributed by atoms with E-state index in [0.29, 0.717) is 76.7 Å². The molecule has 2 aromatic rings. The van der Waals surface area contributed by atoms with Crippen LogP contribution in [0.25, 0.3) is 0 Å². The third-order valence-corrected chi connectivity index (χ3v) is 6.74. The maximum atomic E-state index is 5.92. The number of hydrogen-bond donors (Lipinski definition) is 0. The molecule has 0 aliphatic carbocycles. The molecule has 0 atom stereocenters. The maximum Gasteiger partial charge on any atom is 0.125 e. The van der Waals surface area contributed by atoms with Crippen LogP contribution in [-0.2, 0) is 47.6 Å². The molecule has 0 heterocycles. The molecule has 0 aliphatic rings. The van der Waals surface area contributed by atoms with E-state index in [1.54, 1.807) is 28.4 Å². The number of alkyl halides is 2. The molecule has 39 heavy (non-hydrogen) atoms. The highest BCUT2D eigenvalue weighted by Crippen LogP contribution is 2.32. The van der Waals surface area contributed by atoms with E-state index in [1.807, 2.05) is 24.3 Å². The van der Waals surface area contributed by atoms with Crippen LogP contribution in [0.3, 0.4) is 0 Å². The van der Waals surface area contributed by atoms with Gasteiger partial charge in [-0.2, -0.15) is 0 Å². The summed E-state index contributed by atoms with van der Waals surface area (Å²) in [5.41, 5.74) is 3.87. The molecule has 0 N–H and O–H groups in total. The van der Waals surface area contributed by atoms with Crippen molar-refractivity contribution in [2.45, 2.75) is 23.9 Å². The van der Waals surface area contributed by atoms with Gasteiger partial charge in [-0.05, 0) is 24.3 Å². The molecule has 0 radical (unpaired) electrons. The molecule has 2 aromatic carbocycles. The number of ether oxygens (including phenoxy) is 9. The molecule has 0 aliphatic heterocycles. The van der Waals surface area contributed by atoms with Gasteiger partial charge in [0.1, 0.15) is 36.2 Å². The van der Waals surface area contributed by atoms with Gasteiger partial charge in [-0.1, -0.05) is 31.9 Å². The lowest BCUT2D eigenvalue weighted by Crippen LogP contribution is -2.15. The summed E-state index contributed by atoms with van der Waals surface area (Å²) in [6.07, 6.45) is 0. The van der Waals surface area contributed by atoms with Crippen LogP contribution in [0.2, 0.25) is 0 Å². The van der Waals surface area contributed by atoms with E-state index in [1.165, 1.54) is 0 Å². The third-order valence-electron chi connectivity index (χ3n) is 5.53. The minimum absolute atomic E-state index is 0.422. The van der Waals surface area contributed by atoms with Crippen LogP contribution in [0.5, 0.6) is 23.0 Å². The van der Waals surface area contributed by atoms with Gasteiger partial charge in [0.05, 0.1) is 67.1 Å². The lowest BCUT2D eigenvalue weighted by molar-refractivity contribution is 0.00477. The predicted molar refractivity (Wildman–Crippen MR) is 156 cm³/mol. The van der Waals surface area contributed by atoms with Crippen molar-refractivity contribution in [2.24, 2.45) is 0 Å². The van der Waals surface area contributed by atoms with E-state index in [2.05, 4.69) is 31.9 Å². The maximum absolute atomic E-state index is 5.92. The van der Waals surface area contributed by atoms with Crippen molar-refractivity contribution in [1.29, 1.82) is 0 Å². The van der Waals surface area contributed by atoms with Crippen LogP contribution in [0.15, 0.2) is 24.3 Å². The lowest BCUT2D eigenvalue weighted by Gasteiger charge is -2.15. The average Bonchev–Trinajstić information content (AvgIpc) is 2.96. The summed E-state index contributed by atoms with van der Waals surface area (Å²) in [6.45, 7) is 4.52. The highest BCUT2D eigenvalue weighted by Gasteiger charge is 2.12. The molecule has 220 valence electrons. The van der Waals surface area contributed by atoms with Crippen LogP contribution in [0, 0.1) is 0 Å². The molecule has 0 aromatic heterocycles. The lowest BCUT2D eigenvalue weighted by atomic mass is 10.1. The fourth-order valence-corrected chi connectivity index (χ4v) is 4.52. The minimum Gasteiger partial charge on any atom is -0.496 e. The fraction of sp³-hybridized carbons (Fsp3) is 0.571. The van der Waals surface area contributed by atoms with Gasteiger partial charge in [0.2, 0.25) is 0 Å². The number of benzene rings is 2. The van der Waals surface area contributed by atoms with Crippen molar-refractivity contribution in [1.82, 2.24) is 0 Å². The predicted octanol–water partition coefficient (Wildman–Crippen LogP) is 5.29. The molecule has 0 saturated heterocycles. The Labute approximate surface area is 248 Å². The largest absolute Gasteiger partial charge is 0.496 e. The normalized spacial score (nSPS) is 11.0. The number of methoxy groups -OCH3 is 4. The second-order valence-electron chi connectivity index (χ2n) is 8.21. The zero-order valence-corrected chi connectivity index (χ0v) is 26.4. The first-order valence-corrected chi connectivity index (χ1v) is 14.8. The smallest absolute Gasteiger partial charge is 0.125 e. The standard InChI is InChI=1S/C28H40Br2O9/c1-31-19-23-15-25(33-3)21(17-29)13-27(23)38-11-9-36-7-5-35-6-8-37-10-12-39-28-14-22(18-30)26(34-4)16-24(28)20-32-2/h13-16H,5-12,17-20H2,1-4H3. The second kappa shape index (κ2) is 20.3. The van der Waals surface area contributed by atoms with E-state index >= 15 is 0 Å². The van der Waals surface area contributed by atoms with E-state index in [0.717, 1.165) is 45.3 Å². The molecule has 0 fully saturated rings. The van der Waals surface area contributed by atoms with Gasteiger partial charge in [-0.3, -0.25) is 0 Å². The molecule has 0 spiro atoms. The van der Waals surface area contributed by atoms with Crippen LogP contribution in [0.1, 0.15) is 22.3 Å². The number of rotatable bonds is 22. The van der Waals surface area contributed by atoms with E-state index in [9.17, 15) is 0 Å². The van der Waals surface area contributed by atoms with Crippen LogP contribution in [0.4, 0.5) is 0 Å². The molecule has 0 unspecified atom stereocenters. The Balaban J connectivity index is 1.56. The van der Waals surface area contributed by atoms with Crippen molar-refractivity contribution >= 4 is 31.9 Å². The minimum atomic E-state index is 0.422. The van der Waals surface area contributed by atoms with E-state index < -0.39 is 0 Å².